The van der Waals surface area contributed by atoms with Crippen molar-refractivity contribution in [2.75, 3.05) is 53.0 Å². The van der Waals surface area contributed by atoms with Crippen LogP contribution in [0.25, 0.3) is 0 Å². The van der Waals surface area contributed by atoms with Gasteiger partial charge in [0.25, 0.3) is 0 Å². The van der Waals surface area contributed by atoms with Crippen molar-refractivity contribution in [2.24, 2.45) is 5.73 Å². The molecule has 2 rings (SSSR count). The van der Waals surface area contributed by atoms with Crippen molar-refractivity contribution >= 4 is 0 Å². The number of nitrogens with two attached hydrogens (primary N) is 1. The Labute approximate surface area is 153 Å². The smallest absolute Gasteiger partial charge is 0.165 e. The van der Waals surface area contributed by atoms with Crippen molar-refractivity contribution in [3.8, 4) is 11.5 Å². The maximum atomic E-state index is 6.10. The first-order valence-electron chi connectivity index (χ1n) is 9.72. The molecule has 0 aliphatic carbocycles. The van der Waals surface area contributed by atoms with Gasteiger partial charge in [0, 0.05) is 38.3 Å². The van der Waals surface area contributed by atoms with Gasteiger partial charge in [0.05, 0.1) is 13.7 Å². The molecule has 0 amide bonds. The highest BCUT2D eigenvalue weighted by Crippen LogP contribution is 2.32. The molecule has 25 heavy (non-hydrogen) atoms. The lowest BCUT2D eigenvalue weighted by Gasteiger charge is -2.35. The van der Waals surface area contributed by atoms with E-state index in [-0.39, 0.29) is 0 Å². The standard InChI is InChI=1S/C20H35N3O2/c1-3-4-5-16-25-20-18(8-6-9-19(20)24-2)17-23-14-12-22(13-15-23)11-7-10-21/h6,8-9H,3-5,7,10-17,21H2,1-2H3. The zero-order valence-electron chi connectivity index (χ0n) is 16.0. The van der Waals surface area contributed by atoms with Gasteiger partial charge in [0.1, 0.15) is 0 Å². The molecule has 0 radical (unpaired) electrons. The maximum Gasteiger partial charge on any atom is 0.165 e. The summed E-state index contributed by atoms with van der Waals surface area (Å²) < 4.78 is 11.6. The second-order valence-corrected chi connectivity index (χ2v) is 6.76. The second kappa shape index (κ2) is 11.3. The summed E-state index contributed by atoms with van der Waals surface area (Å²) >= 11 is 0. The van der Waals surface area contributed by atoms with Crippen LogP contribution < -0.4 is 15.2 Å². The zero-order valence-corrected chi connectivity index (χ0v) is 16.0. The van der Waals surface area contributed by atoms with Crippen LogP contribution in [0.3, 0.4) is 0 Å². The molecule has 1 aliphatic rings. The van der Waals surface area contributed by atoms with Crippen molar-refractivity contribution < 1.29 is 9.47 Å². The predicted octanol–water partition coefficient (Wildman–Crippen LogP) is 2.73. The number of unbranched alkanes of at least 4 members (excludes halogenated alkanes) is 2. The Kier molecular flexibility index (Phi) is 9.08. The highest BCUT2D eigenvalue weighted by atomic mass is 16.5. The number of hydrogen-bond donors (Lipinski definition) is 1. The van der Waals surface area contributed by atoms with Gasteiger partial charge in [-0.05, 0) is 32.0 Å². The van der Waals surface area contributed by atoms with Crippen molar-refractivity contribution in [3.63, 3.8) is 0 Å². The van der Waals surface area contributed by atoms with Crippen LogP contribution >= 0.6 is 0 Å². The molecule has 2 N–H and O–H groups in total. The Morgan fingerprint density at radius 2 is 1.80 bits per heavy atom. The van der Waals surface area contributed by atoms with Gasteiger partial charge in [-0.1, -0.05) is 31.9 Å². The third-order valence-corrected chi connectivity index (χ3v) is 4.81. The van der Waals surface area contributed by atoms with E-state index in [1.807, 2.05) is 6.07 Å². The molecule has 1 saturated heterocycles. The lowest BCUT2D eigenvalue weighted by molar-refractivity contribution is 0.125. The van der Waals surface area contributed by atoms with Crippen molar-refractivity contribution in [1.29, 1.82) is 0 Å². The number of para-hydroxylation sites is 1. The van der Waals surface area contributed by atoms with Crippen molar-refractivity contribution in [2.45, 2.75) is 39.2 Å². The molecule has 0 bridgehead atoms. The van der Waals surface area contributed by atoms with Gasteiger partial charge in [-0.25, -0.2) is 0 Å². The molecule has 0 unspecified atom stereocenters. The molecular formula is C20H35N3O2. The fourth-order valence-corrected chi connectivity index (χ4v) is 3.26. The predicted molar refractivity (Wildman–Crippen MR) is 103 cm³/mol. The first-order chi connectivity index (χ1) is 12.3. The summed E-state index contributed by atoms with van der Waals surface area (Å²) in [7, 11) is 1.72. The van der Waals surface area contributed by atoms with Gasteiger partial charge in [-0.15, -0.1) is 0 Å². The lowest BCUT2D eigenvalue weighted by Crippen LogP contribution is -2.46. The van der Waals surface area contributed by atoms with Gasteiger partial charge in [-0.3, -0.25) is 4.90 Å². The fourth-order valence-electron chi connectivity index (χ4n) is 3.26. The maximum absolute atomic E-state index is 6.10. The highest BCUT2D eigenvalue weighted by Gasteiger charge is 2.19. The number of methoxy groups -OCH3 is 1. The number of rotatable bonds is 11. The monoisotopic (exact) mass is 349 g/mol. The summed E-state index contributed by atoms with van der Waals surface area (Å²) in [6, 6.07) is 6.21. The van der Waals surface area contributed by atoms with E-state index < -0.39 is 0 Å². The van der Waals surface area contributed by atoms with Crippen LogP contribution in [0.4, 0.5) is 0 Å². The molecule has 1 aliphatic heterocycles. The van der Waals surface area contributed by atoms with E-state index >= 15 is 0 Å². The number of piperazine rings is 1. The molecule has 0 aromatic heterocycles. The van der Waals surface area contributed by atoms with Crippen LogP contribution in [0, 0.1) is 0 Å². The number of hydrogen-bond acceptors (Lipinski definition) is 5. The van der Waals surface area contributed by atoms with Crippen LogP contribution in [0.1, 0.15) is 38.2 Å². The summed E-state index contributed by atoms with van der Waals surface area (Å²) in [4.78, 5) is 5.02. The molecule has 0 saturated carbocycles. The van der Waals surface area contributed by atoms with E-state index in [2.05, 4.69) is 28.9 Å². The quantitative estimate of drug-likeness (QED) is 0.623. The van der Waals surface area contributed by atoms with Crippen LogP contribution in [0.2, 0.25) is 0 Å². The minimum Gasteiger partial charge on any atom is -0.493 e. The van der Waals surface area contributed by atoms with Gasteiger partial charge in [0.15, 0.2) is 11.5 Å². The van der Waals surface area contributed by atoms with E-state index in [4.69, 9.17) is 15.2 Å². The minimum atomic E-state index is 0.758. The largest absolute Gasteiger partial charge is 0.493 e. The molecule has 5 nitrogen and oxygen atoms in total. The van der Waals surface area contributed by atoms with Crippen molar-refractivity contribution in [1.82, 2.24) is 9.80 Å². The third-order valence-electron chi connectivity index (χ3n) is 4.81. The first-order valence-corrected chi connectivity index (χ1v) is 9.72. The Balaban J connectivity index is 1.92. The van der Waals surface area contributed by atoms with Gasteiger partial charge >= 0.3 is 0 Å². The molecule has 0 atom stereocenters. The average Bonchev–Trinajstić information content (AvgIpc) is 2.65. The van der Waals surface area contributed by atoms with E-state index in [0.29, 0.717) is 0 Å². The number of benzene rings is 1. The zero-order chi connectivity index (χ0) is 17.9. The molecule has 142 valence electrons. The van der Waals surface area contributed by atoms with Gasteiger partial charge in [-0.2, -0.15) is 0 Å². The molecule has 1 aromatic rings. The molecular weight excluding hydrogens is 314 g/mol. The SMILES string of the molecule is CCCCCOc1c(CN2CCN(CCCN)CC2)cccc1OC. The summed E-state index contributed by atoms with van der Waals surface area (Å²) in [5.41, 5.74) is 6.84. The normalized spacial score (nSPS) is 16.1. The second-order valence-electron chi connectivity index (χ2n) is 6.76. The van der Waals surface area contributed by atoms with E-state index in [1.165, 1.54) is 18.4 Å². The average molecular weight is 350 g/mol. The summed E-state index contributed by atoms with van der Waals surface area (Å²) in [6.07, 6.45) is 4.59. The molecule has 0 spiro atoms. The highest BCUT2D eigenvalue weighted by molar-refractivity contribution is 5.46. The Hall–Kier alpha value is -1.30. The summed E-state index contributed by atoms with van der Waals surface area (Å²) in [6.45, 7) is 10.2. The van der Waals surface area contributed by atoms with Crippen molar-refractivity contribution in [3.05, 3.63) is 23.8 Å². The van der Waals surface area contributed by atoms with Crippen LogP contribution in [0.5, 0.6) is 11.5 Å². The van der Waals surface area contributed by atoms with Crippen LogP contribution in [-0.2, 0) is 6.54 Å². The van der Waals surface area contributed by atoms with E-state index in [1.54, 1.807) is 7.11 Å². The summed E-state index contributed by atoms with van der Waals surface area (Å²) in [5.74, 6) is 1.77. The Morgan fingerprint density at radius 1 is 1.04 bits per heavy atom. The van der Waals surface area contributed by atoms with Crippen LogP contribution in [-0.4, -0.2) is 62.8 Å². The molecule has 1 aromatic carbocycles. The number of nitrogens with zero attached hydrogens (tertiary/aromatic N) is 2. The molecule has 1 heterocycles. The molecule has 1 fully saturated rings. The van der Waals surface area contributed by atoms with Gasteiger partial charge in [0.2, 0.25) is 0 Å². The first kappa shape index (κ1) is 20.0. The third kappa shape index (κ3) is 6.49. The lowest BCUT2D eigenvalue weighted by atomic mass is 10.1. The Bertz CT molecular complexity index is 488. The van der Waals surface area contributed by atoms with Gasteiger partial charge < -0.3 is 20.1 Å². The van der Waals surface area contributed by atoms with E-state index in [0.717, 1.165) is 76.8 Å². The number of ether oxygens (including phenoxy) is 2. The topological polar surface area (TPSA) is 51.0 Å². The van der Waals surface area contributed by atoms with Crippen LogP contribution in [0.15, 0.2) is 18.2 Å². The minimum absolute atomic E-state index is 0.758. The fraction of sp³-hybridized carbons (Fsp3) is 0.700. The Morgan fingerprint density at radius 3 is 2.48 bits per heavy atom. The molecule has 5 heteroatoms. The van der Waals surface area contributed by atoms with E-state index in [9.17, 15) is 0 Å². The summed E-state index contributed by atoms with van der Waals surface area (Å²) in [5, 5.41) is 0.